The van der Waals surface area contributed by atoms with Crippen molar-refractivity contribution in [3.8, 4) is 6.07 Å². The molecule has 0 saturated heterocycles. The second-order valence-corrected chi connectivity index (χ2v) is 4.64. The van der Waals surface area contributed by atoms with Gasteiger partial charge in [-0.1, -0.05) is 25.0 Å². The van der Waals surface area contributed by atoms with Gasteiger partial charge in [0, 0.05) is 25.3 Å². The second kappa shape index (κ2) is 8.15. The molecule has 102 valence electrons. The number of carbonyl (C=O) groups is 1. The Morgan fingerprint density at radius 2 is 1.89 bits per heavy atom. The van der Waals surface area contributed by atoms with Gasteiger partial charge in [-0.25, -0.2) is 0 Å². The lowest BCUT2D eigenvalue weighted by atomic mass is 10.2. The minimum absolute atomic E-state index is 0.135. The highest BCUT2D eigenvalue weighted by Gasteiger charge is 2.19. The summed E-state index contributed by atoms with van der Waals surface area (Å²) < 4.78 is 0. The summed E-state index contributed by atoms with van der Waals surface area (Å²) in [7, 11) is 0. The van der Waals surface area contributed by atoms with Gasteiger partial charge in [0.05, 0.1) is 0 Å². The predicted molar refractivity (Wildman–Crippen MR) is 76.1 cm³/mol. The van der Waals surface area contributed by atoms with Gasteiger partial charge in [-0.3, -0.25) is 4.79 Å². The van der Waals surface area contributed by atoms with Crippen LogP contribution in [0.1, 0.15) is 25.7 Å². The van der Waals surface area contributed by atoms with Gasteiger partial charge in [-0.2, -0.15) is 5.26 Å². The zero-order chi connectivity index (χ0) is 14.1. The van der Waals surface area contributed by atoms with E-state index < -0.39 is 0 Å². The van der Waals surface area contributed by atoms with Gasteiger partial charge in [-0.05, 0) is 12.8 Å². The quantitative estimate of drug-likeness (QED) is 0.433. The van der Waals surface area contributed by atoms with Crippen LogP contribution >= 0.6 is 0 Å². The fraction of sp³-hybridized carbons (Fsp3) is 0.467. The highest BCUT2D eigenvalue weighted by atomic mass is 16.1. The van der Waals surface area contributed by atoms with Crippen LogP contribution in [0.15, 0.2) is 37.1 Å². The molecular formula is C15H21N3O. The van der Waals surface area contributed by atoms with Crippen LogP contribution in [0.5, 0.6) is 0 Å². The normalized spacial score (nSPS) is 15.6. The first-order valence-corrected chi connectivity index (χ1v) is 6.60. The smallest absolute Gasteiger partial charge is 0.263 e. The molecule has 0 bridgehead atoms. The molecule has 19 heavy (non-hydrogen) atoms. The van der Waals surface area contributed by atoms with E-state index in [1.165, 1.54) is 0 Å². The van der Waals surface area contributed by atoms with Crippen molar-refractivity contribution in [2.24, 2.45) is 0 Å². The maximum atomic E-state index is 12.0. The summed E-state index contributed by atoms with van der Waals surface area (Å²) in [5.74, 6) is -0.285. The van der Waals surface area contributed by atoms with Gasteiger partial charge >= 0.3 is 0 Å². The first kappa shape index (κ1) is 15.0. The topological polar surface area (TPSA) is 56.1 Å². The number of nitrogens with zero attached hydrogens (tertiary/aromatic N) is 2. The molecule has 0 aliphatic heterocycles. The summed E-state index contributed by atoms with van der Waals surface area (Å²) in [4.78, 5) is 13.8. The van der Waals surface area contributed by atoms with E-state index in [0.717, 1.165) is 25.7 Å². The van der Waals surface area contributed by atoms with Crippen LogP contribution < -0.4 is 5.32 Å². The van der Waals surface area contributed by atoms with Crippen molar-refractivity contribution in [1.29, 1.82) is 5.26 Å². The second-order valence-electron chi connectivity index (χ2n) is 4.64. The fourth-order valence-corrected chi connectivity index (χ4v) is 2.17. The van der Waals surface area contributed by atoms with Gasteiger partial charge in [0.25, 0.3) is 5.91 Å². The van der Waals surface area contributed by atoms with Crippen LogP contribution in [-0.2, 0) is 4.79 Å². The van der Waals surface area contributed by atoms with E-state index >= 15 is 0 Å². The molecule has 1 amide bonds. The van der Waals surface area contributed by atoms with E-state index in [2.05, 4.69) is 18.5 Å². The first-order chi connectivity index (χ1) is 9.21. The molecule has 4 heteroatoms. The lowest BCUT2D eigenvalue weighted by Crippen LogP contribution is -2.34. The minimum Gasteiger partial charge on any atom is -0.369 e. The van der Waals surface area contributed by atoms with E-state index in [1.54, 1.807) is 18.4 Å². The highest BCUT2D eigenvalue weighted by molar-refractivity contribution is 5.97. The van der Waals surface area contributed by atoms with Crippen molar-refractivity contribution in [1.82, 2.24) is 10.2 Å². The van der Waals surface area contributed by atoms with E-state index in [0.29, 0.717) is 13.1 Å². The number of rotatable bonds is 7. The number of amides is 1. The molecule has 0 aromatic carbocycles. The van der Waals surface area contributed by atoms with Crippen molar-refractivity contribution in [2.45, 2.75) is 31.7 Å². The van der Waals surface area contributed by atoms with Gasteiger partial charge in [-0.15, -0.1) is 13.2 Å². The van der Waals surface area contributed by atoms with Gasteiger partial charge in [0.15, 0.2) is 0 Å². The molecule has 0 aromatic rings. The van der Waals surface area contributed by atoms with Crippen LogP contribution in [0.4, 0.5) is 0 Å². The van der Waals surface area contributed by atoms with Crippen LogP contribution in [-0.4, -0.2) is 29.9 Å². The fourth-order valence-electron chi connectivity index (χ4n) is 2.17. The molecule has 0 unspecified atom stereocenters. The molecular weight excluding hydrogens is 238 g/mol. The molecule has 1 saturated carbocycles. The Morgan fingerprint density at radius 1 is 1.32 bits per heavy atom. The molecule has 1 N–H and O–H groups in total. The number of carbonyl (C=O) groups excluding carboxylic acids is 1. The summed E-state index contributed by atoms with van der Waals surface area (Å²) in [6.07, 6.45) is 9.34. The Morgan fingerprint density at radius 3 is 2.37 bits per heavy atom. The number of nitrogens with one attached hydrogen (secondary N) is 1. The van der Waals surface area contributed by atoms with Crippen LogP contribution in [0.3, 0.4) is 0 Å². The molecule has 1 aliphatic rings. The van der Waals surface area contributed by atoms with Gasteiger partial charge in [0.2, 0.25) is 0 Å². The van der Waals surface area contributed by atoms with Gasteiger partial charge < -0.3 is 10.2 Å². The van der Waals surface area contributed by atoms with E-state index in [9.17, 15) is 4.79 Å². The zero-order valence-electron chi connectivity index (χ0n) is 11.3. The SMILES string of the molecule is C=CCN(/C=C(/C#N)C(=O)NC1CCCC1)CC=C. The lowest BCUT2D eigenvalue weighted by molar-refractivity contribution is -0.117. The third-order valence-corrected chi connectivity index (χ3v) is 3.09. The number of hydrogen-bond donors (Lipinski definition) is 1. The molecule has 0 spiro atoms. The maximum absolute atomic E-state index is 12.0. The van der Waals surface area contributed by atoms with E-state index in [1.807, 2.05) is 11.0 Å². The molecule has 0 radical (unpaired) electrons. The standard InChI is InChI=1S/C15H21N3O/c1-3-9-18(10-4-2)12-13(11-16)15(19)17-14-7-5-6-8-14/h3-4,12,14H,1-2,5-10H2,(H,17,19)/b13-12-. The van der Waals surface area contributed by atoms with Crippen molar-refractivity contribution < 1.29 is 4.79 Å². The molecule has 0 atom stereocenters. The first-order valence-electron chi connectivity index (χ1n) is 6.60. The monoisotopic (exact) mass is 259 g/mol. The largest absolute Gasteiger partial charge is 0.369 e. The predicted octanol–water partition coefficient (Wildman–Crippen LogP) is 2.13. The highest BCUT2D eigenvalue weighted by Crippen LogP contribution is 2.18. The van der Waals surface area contributed by atoms with Crippen molar-refractivity contribution >= 4 is 5.91 Å². The Hall–Kier alpha value is -2.02. The summed E-state index contributed by atoms with van der Waals surface area (Å²) >= 11 is 0. The average Bonchev–Trinajstić information content (AvgIpc) is 2.89. The van der Waals surface area contributed by atoms with Crippen molar-refractivity contribution in [3.05, 3.63) is 37.1 Å². The average molecular weight is 259 g/mol. The Bertz CT molecular complexity index is 390. The molecule has 1 aliphatic carbocycles. The summed E-state index contributed by atoms with van der Waals surface area (Å²) in [6.45, 7) is 8.46. The molecule has 4 nitrogen and oxygen atoms in total. The summed E-state index contributed by atoms with van der Waals surface area (Å²) in [5.41, 5.74) is 0.135. The molecule has 1 rings (SSSR count). The molecule has 0 aromatic heterocycles. The van der Waals surface area contributed by atoms with Crippen molar-refractivity contribution in [2.75, 3.05) is 13.1 Å². The third-order valence-electron chi connectivity index (χ3n) is 3.09. The van der Waals surface area contributed by atoms with Crippen LogP contribution in [0.25, 0.3) is 0 Å². The number of hydrogen-bond acceptors (Lipinski definition) is 3. The molecule has 0 heterocycles. The third kappa shape index (κ3) is 5.01. The summed E-state index contributed by atoms with van der Waals surface area (Å²) in [5, 5.41) is 12.0. The lowest BCUT2D eigenvalue weighted by Gasteiger charge is -2.17. The van der Waals surface area contributed by atoms with Gasteiger partial charge in [0.1, 0.15) is 11.6 Å². The maximum Gasteiger partial charge on any atom is 0.263 e. The Balaban J connectivity index is 2.67. The number of nitriles is 1. The van der Waals surface area contributed by atoms with Crippen LogP contribution in [0, 0.1) is 11.3 Å². The van der Waals surface area contributed by atoms with E-state index in [4.69, 9.17) is 5.26 Å². The molecule has 1 fully saturated rings. The van der Waals surface area contributed by atoms with E-state index in [-0.39, 0.29) is 17.5 Å². The Labute approximate surface area is 115 Å². The van der Waals surface area contributed by atoms with Crippen molar-refractivity contribution in [3.63, 3.8) is 0 Å². The van der Waals surface area contributed by atoms with Crippen LogP contribution in [0.2, 0.25) is 0 Å². The minimum atomic E-state index is -0.285. The Kier molecular flexibility index (Phi) is 6.45. The summed E-state index contributed by atoms with van der Waals surface area (Å²) in [6, 6.07) is 2.18. The zero-order valence-corrected chi connectivity index (χ0v) is 11.3.